The summed E-state index contributed by atoms with van der Waals surface area (Å²) < 4.78 is 5.70. The van der Waals surface area contributed by atoms with Crippen molar-refractivity contribution in [3.05, 3.63) is 17.0 Å². The number of urea groups is 1. The van der Waals surface area contributed by atoms with Gasteiger partial charge in [0.15, 0.2) is 0 Å². The van der Waals surface area contributed by atoms with Gasteiger partial charge in [-0.1, -0.05) is 6.42 Å². The highest BCUT2D eigenvalue weighted by molar-refractivity contribution is 5.73. The standard InChI is InChI=1S/C18H30N4O2/c1-22(18(23)19-11-10-14-7-5-6-12-24-14)13-17-15-8-3-2-4-9-16(15)20-21-17/h14H,2-13H2,1H3,(H,19,23)(H,20,21). The Morgan fingerprint density at radius 2 is 2.17 bits per heavy atom. The van der Waals surface area contributed by atoms with E-state index in [4.69, 9.17) is 4.74 Å². The molecule has 1 unspecified atom stereocenters. The first-order chi connectivity index (χ1) is 11.7. The van der Waals surface area contributed by atoms with Crippen LogP contribution in [0, 0.1) is 0 Å². The molecule has 0 spiro atoms. The second-order valence-electron chi connectivity index (χ2n) is 7.05. The van der Waals surface area contributed by atoms with E-state index in [1.807, 2.05) is 7.05 Å². The van der Waals surface area contributed by atoms with Gasteiger partial charge < -0.3 is 15.0 Å². The van der Waals surface area contributed by atoms with Gasteiger partial charge in [-0.15, -0.1) is 0 Å². The summed E-state index contributed by atoms with van der Waals surface area (Å²) in [7, 11) is 1.84. The fourth-order valence-electron chi connectivity index (χ4n) is 3.66. The average Bonchev–Trinajstić information content (AvgIpc) is 2.82. The quantitative estimate of drug-likeness (QED) is 0.814. The van der Waals surface area contributed by atoms with E-state index in [9.17, 15) is 4.79 Å². The summed E-state index contributed by atoms with van der Waals surface area (Å²) in [6, 6.07) is -0.0313. The van der Waals surface area contributed by atoms with Crippen LogP contribution in [0.25, 0.3) is 0 Å². The zero-order valence-corrected chi connectivity index (χ0v) is 14.8. The van der Waals surface area contributed by atoms with Gasteiger partial charge >= 0.3 is 6.03 Å². The normalized spacial score (nSPS) is 21.0. The fourth-order valence-corrected chi connectivity index (χ4v) is 3.66. The van der Waals surface area contributed by atoms with Crippen LogP contribution < -0.4 is 5.32 Å². The average molecular weight is 334 g/mol. The summed E-state index contributed by atoms with van der Waals surface area (Å²) in [4.78, 5) is 14.0. The van der Waals surface area contributed by atoms with Crippen LogP contribution >= 0.6 is 0 Å². The number of hydrogen-bond donors (Lipinski definition) is 2. The molecule has 0 aromatic carbocycles. The molecule has 2 amide bonds. The molecule has 24 heavy (non-hydrogen) atoms. The van der Waals surface area contributed by atoms with Gasteiger partial charge in [0.25, 0.3) is 0 Å². The van der Waals surface area contributed by atoms with E-state index in [0.717, 1.165) is 38.0 Å². The SMILES string of the molecule is CN(Cc1n[nH]c2c1CCCCC2)C(=O)NCCC1CCCCO1. The predicted octanol–water partition coefficient (Wildman–Crippen LogP) is 2.78. The number of ether oxygens (including phenoxy) is 1. The van der Waals surface area contributed by atoms with Crippen molar-refractivity contribution in [2.24, 2.45) is 0 Å². The van der Waals surface area contributed by atoms with E-state index >= 15 is 0 Å². The summed E-state index contributed by atoms with van der Waals surface area (Å²) in [5.74, 6) is 0. The lowest BCUT2D eigenvalue weighted by Crippen LogP contribution is -2.38. The number of amides is 2. The molecule has 1 atom stereocenters. The Bertz CT molecular complexity index is 537. The molecule has 1 fully saturated rings. The third-order valence-electron chi connectivity index (χ3n) is 5.14. The molecule has 0 bridgehead atoms. The number of hydrogen-bond acceptors (Lipinski definition) is 3. The Morgan fingerprint density at radius 3 is 3.00 bits per heavy atom. The van der Waals surface area contributed by atoms with E-state index in [1.54, 1.807) is 4.90 Å². The number of carbonyl (C=O) groups excluding carboxylic acids is 1. The molecule has 1 aliphatic heterocycles. The predicted molar refractivity (Wildman–Crippen MR) is 92.9 cm³/mol. The van der Waals surface area contributed by atoms with E-state index in [2.05, 4.69) is 15.5 Å². The van der Waals surface area contributed by atoms with Gasteiger partial charge in [0, 0.05) is 25.9 Å². The number of rotatable bonds is 5. The molecule has 2 aliphatic rings. The smallest absolute Gasteiger partial charge is 0.317 e. The Labute approximate surface area is 144 Å². The zero-order valence-electron chi connectivity index (χ0n) is 14.8. The van der Waals surface area contributed by atoms with Crippen LogP contribution in [0.15, 0.2) is 0 Å². The van der Waals surface area contributed by atoms with Gasteiger partial charge in [0.05, 0.1) is 18.3 Å². The van der Waals surface area contributed by atoms with Crippen LogP contribution in [0.2, 0.25) is 0 Å². The van der Waals surface area contributed by atoms with Gasteiger partial charge in [-0.2, -0.15) is 5.10 Å². The van der Waals surface area contributed by atoms with Crippen molar-refractivity contribution >= 4 is 6.03 Å². The number of aromatic nitrogens is 2. The molecule has 2 N–H and O–H groups in total. The molecule has 0 radical (unpaired) electrons. The molecule has 134 valence electrons. The Morgan fingerprint density at radius 1 is 1.29 bits per heavy atom. The fraction of sp³-hybridized carbons (Fsp3) is 0.778. The Balaban J connectivity index is 1.45. The van der Waals surface area contributed by atoms with Gasteiger partial charge in [-0.05, 0) is 56.9 Å². The maximum absolute atomic E-state index is 12.3. The van der Waals surface area contributed by atoms with Crippen LogP contribution in [0.4, 0.5) is 4.79 Å². The van der Waals surface area contributed by atoms with Crippen LogP contribution in [-0.2, 0) is 24.1 Å². The third-order valence-corrected chi connectivity index (χ3v) is 5.14. The summed E-state index contributed by atoms with van der Waals surface area (Å²) in [6.45, 7) is 2.10. The van der Waals surface area contributed by atoms with E-state index < -0.39 is 0 Å². The van der Waals surface area contributed by atoms with Crippen molar-refractivity contribution in [1.29, 1.82) is 0 Å². The van der Waals surface area contributed by atoms with E-state index in [-0.39, 0.29) is 6.03 Å². The summed E-state index contributed by atoms with van der Waals surface area (Å²) >= 11 is 0. The minimum Gasteiger partial charge on any atom is -0.378 e. The molecule has 1 aliphatic carbocycles. The molecule has 3 rings (SSSR count). The number of fused-ring (bicyclic) bond motifs is 1. The highest BCUT2D eigenvalue weighted by Crippen LogP contribution is 2.22. The van der Waals surface area contributed by atoms with Crippen molar-refractivity contribution in [2.45, 2.75) is 70.4 Å². The van der Waals surface area contributed by atoms with Gasteiger partial charge in [0.1, 0.15) is 0 Å². The molecule has 0 saturated carbocycles. The maximum atomic E-state index is 12.3. The molecule has 1 aromatic heterocycles. The van der Waals surface area contributed by atoms with Crippen LogP contribution in [0.3, 0.4) is 0 Å². The largest absolute Gasteiger partial charge is 0.378 e. The zero-order chi connectivity index (χ0) is 16.8. The second-order valence-corrected chi connectivity index (χ2v) is 7.05. The van der Waals surface area contributed by atoms with Crippen LogP contribution in [0.1, 0.15) is 61.9 Å². The molecule has 6 nitrogen and oxygen atoms in total. The molecular weight excluding hydrogens is 304 g/mol. The van der Waals surface area contributed by atoms with Crippen molar-refractivity contribution in [3.8, 4) is 0 Å². The van der Waals surface area contributed by atoms with Crippen molar-refractivity contribution in [1.82, 2.24) is 20.4 Å². The van der Waals surface area contributed by atoms with Crippen molar-refractivity contribution in [3.63, 3.8) is 0 Å². The minimum atomic E-state index is -0.0313. The first kappa shape index (κ1) is 17.3. The number of nitrogens with zero attached hydrogens (tertiary/aromatic N) is 2. The molecule has 2 heterocycles. The Hall–Kier alpha value is -1.56. The molecule has 6 heteroatoms. The molecular formula is C18H30N4O2. The monoisotopic (exact) mass is 334 g/mol. The van der Waals surface area contributed by atoms with Crippen molar-refractivity contribution < 1.29 is 9.53 Å². The molecule has 1 aromatic rings. The van der Waals surface area contributed by atoms with Gasteiger partial charge in [0.2, 0.25) is 0 Å². The highest BCUT2D eigenvalue weighted by atomic mass is 16.5. The lowest BCUT2D eigenvalue weighted by atomic mass is 10.1. The maximum Gasteiger partial charge on any atom is 0.317 e. The number of aromatic amines is 1. The number of nitrogens with one attached hydrogen (secondary N) is 2. The number of H-pyrrole nitrogens is 1. The summed E-state index contributed by atoms with van der Waals surface area (Å²) in [5, 5.41) is 10.6. The highest BCUT2D eigenvalue weighted by Gasteiger charge is 2.19. The number of carbonyl (C=O) groups is 1. The molecule has 1 saturated heterocycles. The minimum absolute atomic E-state index is 0.0313. The van der Waals surface area contributed by atoms with E-state index in [0.29, 0.717) is 19.2 Å². The van der Waals surface area contributed by atoms with E-state index in [1.165, 1.54) is 43.4 Å². The lowest BCUT2D eigenvalue weighted by molar-refractivity contribution is 0.0118. The Kier molecular flexibility index (Phi) is 6.12. The lowest BCUT2D eigenvalue weighted by Gasteiger charge is -2.23. The second kappa shape index (κ2) is 8.51. The number of aryl methyl sites for hydroxylation is 1. The van der Waals surface area contributed by atoms with Crippen LogP contribution in [0.5, 0.6) is 0 Å². The first-order valence-electron chi connectivity index (χ1n) is 9.39. The van der Waals surface area contributed by atoms with Crippen molar-refractivity contribution in [2.75, 3.05) is 20.2 Å². The third kappa shape index (κ3) is 4.50. The van der Waals surface area contributed by atoms with Gasteiger partial charge in [-0.3, -0.25) is 5.10 Å². The summed E-state index contributed by atoms with van der Waals surface area (Å²) in [5.41, 5.74) is 3.63. The van der Waals surface area contributed by atoms with Gasteiger partial charge in [-0.25, -0.2) is 4.79 Å². The first-order valence-corrected chi connectivity index (χ1v) is 9.39. The van der Waals surface area contributed by atoms with Crippen LogP contribution in [-0.4, -0.2) is 47.4 Å². The summed E-state index contributed by atoms with van der Waals surface area (Å²) in [6.07, 6.45) is 10.6. The topological polar surface area (TPSA) is 70.2 Å².